The van der Waals surface area contributed by atoms with Gasteiger partial charge < -0.3 is 5.32 Å². The van der Waals surface area contributed by atoms with Crippen LogP contribution < -0.4 is 5.32 Å². The molecule has 1 heterocycles. The molecule has 2 rings (SSSR count). The summed E-state index contributed by atoms with van der Waals surface area (Å²) in [5.41, 5.74) is 0.611. The van der Waals surface area contributed by atoms with Gasteiger partial charge in [-0.15, -0.1) is 11.8 Å². The normalized spacial score (nSPS) is 19.9. The molecule has 1 aliphatic heterocycles. The quantitative estimate of drug-likeness (QED) is 0.721. The van der Waals surface area contributed by atoms with Crippen LogP contribution in [0.5, 0.6) is 0 Å². The van der Waals surface area contributed by atoms with Crippen LogP contribution in [0.1, 0.15) is 66.2 Å². The molecule has 0 radical (unpaired) electrons. The third-order valence-electron chi connectivity index (χ3n) is 3.56. The van der Waals surface area contributed by atoms with Gasteiger partial charge in [0, 0.05) is 19.5 Å². The van der Waals surface area contributed by atoms with Gasteiger partial charge in [-0.1, -0.05) is 33.1 Å². The Labute approximate surface area is 120 Å². The Morgan fingerprint density at radius 2 is 1.53 bits per heavy atom. The van der Waals surface area contributed by atoms with Crippen molar-refractivity contribution in [1.29, 1.82) is 5.26 Å². The number of nitriles is 1. The van der Waals surface area contributed by atoms with Crippen molar-refractivity contribution in [3.63, 3.8) is 0 Å². The lowest BCUT2D eigenvalue weighted by Crippen LogP contribution is -2.49. The molecule has 0 bridgehead atoms. The molecule has 2 fully saturated rings. The summed E-state index contributed by atoms with van der Waals surface area (Å²) in [5, 5.41) is 11.6. The van der Waals surface area contributed by atoms with Crippen LogP contribution in [-0.2, 0) is 0 Å². The SMILES string of the molecule is CC#CC.CC1(C)CNC1.N#CCC1CCCCC1. The monoisotopic (exact) mass is 262 g/mol. The number of hydrogen-bond donors (Lipinski definition) is 1. The van der Waals surface area contributed by atoms with E-state index >= 15 is 0 Å². The molecule has 1 N–H and O–H groups in total. The summed E-state index contributed by atoms with van der Waals surface area (Å²) in [6.07, 6.45) is 7.49. The molecule has 0 atom stereocenters. The first-order valence-electron chi connectivity index (χ1n) is 7.47. The van der Waals surface area contributed by atoms with Gasteiger partial charge in [-0.3, -0.25) is 0 Å². The fourth-order valence-corrected chi connectivity index (χ4v) is 2.15. The Morgan fingerprint density at radius 1 is 1.05 bits per heavy atom. The van der Waals surface area contributed by atoms with E-state index in [2.05, 4.69) is 37.1 Å². The summed E-state index contributed by atoms with van der Waals surface area (Å²) < 4.78 is 0. The maximum atomic E-state index is 8.37. The van der Waals surface area contributed by atoms with E-state index < -0.39 is 0 Å². The van der Waals surface area contributed by atoms with Gasteiger partial charge in [-0.2, -0.15) is 5.26 Å². The van der Waals surface area contributed by atoms with Crippen LogP contribution in [0.15, 0.2) is 0 Å². The molecule has 0 aromatic heterocycles. The fraction of sp³-hybridized carbons (Fsp3) is 0.824. The van der Waals surface area contributed by atoms with Gasteiger partial charge in [0.15, 0.2) is 0 Å². The number of nitrogens with one attached hydrogen (secondary N) is 1. The van der Waals surface area contributed by atoms with Gasteiger partial charge in [0.05, 0.1) is 6.07 Å². The Bertz CT molecular complexity index is 296. The Morgan fingerprint density at radius 3 is 1.79 bits per heavy atom. The molecule has 19 heavy (non-hydrogen) atoms. The molecule has 2 nitrogen and oxygen atoms in total. The summed E-state index contributed by atoms with van der Waals surface area (Å²) in [7, 11) is 0. The van der Waals surface area contributed by atoms with Crippen LogP contribution in [0.25, 0.3) is 0 Å². The first-order chi connectivity index (χ1) is 9.05. The summed E-state index contributed by atoms with van der Waals surface area (Å²) in [5.74, 6) is 6.10. The van der Waals surface area contributed by atoms with Crippen LogP contribution >= 0.6 is 0 Å². The van der Waals surface area contributed by atoms with Crippen LogP contribution in [0.4, 0.5) is 0 Å². The highest BCUT2D eigenvalue weighted by molar-refractivity contribution is 4.89. The lowest BCUT2D eigenvalue weighted by Gasteiger charge is -2.35. The van der Waals surface area contributed by atoms with Crippen molar-refractivity contribution < 1.29 is 0 Å². The van der Waals surface area contributed by atoms with E-state index in [1.54, 1.807) is 0 Å². The van der Waals surface area contributed by atoms with Crippen molar-refractivity contribution in [1.82, 2.24) is 5.32 Å². The molecule has 0 spiro atoms. The van der Waals surface area contributed by atoms with E-state index in [1.807, 2.05) is 13.8 Å². The molecule has 0 aromatic carbocycles. The van der Waals surface area contributed by atoms with Gasteiger partial charge in [0.25, 0.3) is 0 Å². The van der Waals surface area contributed by atoms with Crippen molar-refractivity contribution in [3.05, 3.63) is 0 Å². The average Bonchev–Trinajstić information content (AvgIpc) is 2.40. The number of hydrogen-bond acceptors (Lipinski definition) is 2. The molecule has 108 valence electrons. The minimum atomic E-state index is 0.611. The third kappa shape index (κ3) is 10.6. The van der Waals surface area contributed by atoms with E-state index in [0.717, 1.165) is 12.3 Å². The zero-order valence-corrected chi connectivity index (χ0v) is 13.2. The van der Waals surface area contributed by atoms with E-state index in [0.29, 0.717) is 5.41 Å². The van der Waals surface area contributed by atoms with Gasteiger partial charge >= 0.3 is 0 Å². The van der Waals surface area contributed by atoms with E-state index in [-0.39, 0.29) is 0 Å². The molecular formula is C17H30N2. The smallest absolute Gasteiger partial charge is 0.0624 e. The van der Waals surface area contributed by atoms with Crippen molar-refractivity contribution in [2.45, 2.75) is 66.2 Å². The highest BCUT2D eigenvalue weighted by Crippen LogP contribution is 2.25. The summed E-state index contributed by atoms with van der Waals surface area (Å²) >= 11 is 0. The van der Waals surface area contributed by atoms with Gasteiger partial charge in [-0.05, 0) is 38.0 Å². The zero-order valence-electron chi connectivity index (χ0n) is 13.2. The Balaban J connectivity index is 0.000000281. The van der Waals surface area contributed by atoms with Gasteiger partial charge in [0.1, 0.15) is 0 Å². The third-order valence-corrected chi connectivity index (χ3v) is 3.56. The predicted octanol–water partition coefficient (Wildman–Crippen LogP) is 4.13. The molecule has 2 aliphatic rings. The minimum Gasteiger partial charge on any atom is -0.316 e. The summed E-state index contributed by atoms with van der Waals surface area (Å²) in [4.78, 5) is 0. The lowest BCUT2D eigenvalue weighted by atomic mass is 9.87. The highest BCUT2D eigenvalue weighted by atomic mass is 15.0. The van der Waals surface area contributed by atoms with Crippen molar-refractivity contribution in [3.8, 4) is 17.9 Å². The standard InChI is InChI=1S/C8H13N.C5H11N.C4H6/c9-7-6-8-4-2-1-3-5-8;1-5(2)3-6-4-5;1-3-4-2/h8H,1-6H2;6H,3-4H2,1-2H3;1-2H3. The number of nitrogens with zero attached hydrogens (tertiary/aromatic N) is 1. The van der Waals surface area contributed by atoms with Gasteiger partial charge in [-0.25, -0.2) is 0 Å². The van der Waals surface area contributed by atoms with Crippen LogP contribution in [0.2, 0.25) is 0 Å². The second-order valence-corrected chi connectivity index (χ2v) is 6.13. The average molecular weight is 262 g/mol. The molecule has 1 saturated heterocycles. The van der Waals surface area contributed by atoms with Crippen LogP contribution in [0.3, 0.4) is 0 Å². The Kier molecular flexibility index (Phi) is 10.3. The van der Waals surface area contributed by atoms with Crippen LogP contribution in [0, 0.1) is 34.5 Å². The first kappa shape index (κ1) is 18.0. The minimum absolute atomic E-state index is 0.611. The summed E-state index contributed by atoms with van der Waals surface area (Å²) in [6.45, 7) is 10.6. The molecule has 0 unspecified atom stereocenters. The maximum absolute atomic E-state index is 8.37. The van der Waals surface area contributed by atoms with Crippen molar-refractivity contribution in [2.75, 3.05) is 13.1 Å². The topological polar surface area (TPSA) is 35.8 Å². The van der Waals surface area contributed by atoms with Crippen LogP contribution in [-0.4, -0.2) is 13.1 Å². The fourth-order valence-electron chi connectivity index (χ4n) is 2.15. The number of rotatable bonds is 1. The molecule has 0 amide bonds. The molecular weight excluding hydrogens is 232 g/mol. The zero-order chi connectivity index (χ0) is 14.6. The van der Waals surface area contributed by atoms with E-state index in [1.165, 1.54) is 45.2 Å². The van der Waals surface area contributed by atoms with Crippen molar-refractivity contribution >= 4 is 0 Å². The molecule has 1 aliphatic carbocycles. The van der Waals surface area contributed by atoms with E-state index in [4.69, 9.17) is 5.26 Å². The molecule has 2 heteroatoms. The first-order valence-corrected chi connectivity index (χ1v) is 7.47. The Hall–Kier alpha value is -0.990. The van der Waals surface area contributed by atoms with Crippen molar-refractivity contribution in [2.24, 2.45) is 11.3 Å². The molecule has 1 saturated carbocycles. The largest absolute Gasteiger partial charge is 0.316 e. The lowest BCUT2D eigenvalue weighted by molar-refractivity contribution is 0.226. The summed E-state index contributed by atoms with van der Waals surface area (Å²) in [6, 6.07) is 2.24. The molecule has 0 aromatic rings. The predicted molar refractivity (Wildman–Crippen MR) is 82.6 cm³/mol. The maximum Gasteiger partial charge on any atom is 0.0624 e. The van der Waals surface area contributed by atoms with Gasteiger partial charge in [0.2, 0.25) is 0 Å². The van der Waals surface area contributed by atoms with E-state index in [9.17, 15) is 0 Å². The second kappa shape index (κ2) is 10.9. The highest BCUT2D eigenvalue weighted by Gasteiger charge is 2.24. The second-order valence-electron chi connectivity index (χ2n) is 6.13.